The molecule has 0 unspecified atom stereocenters. The first-order valence-corrected chi connectivity index (χ1v) is 6.57. The summed E-state index contributed by atoms with van der Waals surface area (Å²) in [5.41, 5.74) is 7.02. The third-order valence-electron chi connectivity index (χ3n) is 2.46. The molecule has 0 aliphatic heterocycles. The van der Waals surface area contributed by atoms with Crippen molar-refractivity contribution in [3.8, 4) is 0 Å². The molecule has 94 valence electrons. The van der Waals surface area contributed by atoms with Gasteiger partial charge in [-0.15, -0.1) is 0 Å². The monoisotopic (exact) mass is 356 g/mol. The lowest BCUT2D eigenvalue weighted by molar-refractivity contribution is -0.117. The number of rotatable bonds is 5. The van der Waals surface area contributed by atoms with E-state index in [2.05, 4.69) is 27.9 Å². The van der Waals surface area contributed by atoms with Gasteiger partial charge in [-0.2, -0.15) is 0 Å². The van der Waals surface area contributed by atoms with Gasteiger partial charge in [0, 0.05) is 5.69 Å². The Balaban J connectivity index is 2.06. The van der Waals surface area contributed by atoms with Crippen LogP contribution in [0.3, 0.4) is 0 Å². The number of furan rings is 1. The minimum atomic E-state index is -0.336. The topological polar surface area (TPSA) is 68.3 Å². The number of halogens is 1. The molecule has 1 heterocycles. The van der Waals surface area contributed by atoms with E-state index in [1.165, 1.54) is 0 Å². The fourth-order valence-electron chi connectivity index (χ4n) is 1.66. The second kappa shape index (κ2) is 5.90. The van der Waals surface area contributed by atoms with E-state index in [1.807, 2.05) is 36.4 Å². The number of amides is 1. The summed E-state index contributed by atoms with van der Waals surface area (Å²) in [6, 6.07) is 11.4. The number of hydrogen-bond donors (Lipinski definition) is 2. The van der Waals surface area contributed by atoms with Gasteiger partial charge in [-0.3, -0.25) is 4.79 Å². The van der Waals surface area contributed by atoms with Crippen molar-refractivity contribution in [2.45, 2.75) is 13.0 Å². The highest BCUT2D eigenvalue weighted by Gasteiger charge is 2.05. The zero-order valence-corrected chi connectivity index (χ0v) is 11.8. The summed E-state index contributed by atoms with van der Waals surface area (Å²) in [5, 5.41) is 3.24. The maximum atomic E-state index is 11.0. The minimum Gasteiger partial charge on any atom is -0.454 e. The predicted octanol–water partition coefficient (Wildman–Crippen LogP) is 2.52. The lowest BCUT2D eigenvalue weighted by Crippen LogP contribution is -2.15. The molecule has 1 aromatic carbocycles. The molecular formula is C13H13IN2O2. The lowest BCUT2D eigenvalue weighted by Gasteiger charge is -2.09. The van der Waals surface area contributed by atoms with Crippen LogP contribution in [0.2, 0.25) is 0 Å². The van der Waals surface area contributed by atoms with E-state index in [-0.39, 0.29) is 12.3 Å². The van der Waals surface area contributed by atoms with Gasteiger partial charge < -0.3 is 15.5 Å². The van der Waals surface area contributed by atoms with Gasteiger partial charge in [-0.05, 0) is 46.4 Å². The van der Waals surface area contributed by atoms with Crippen molar-refractivity contribution in [3.63, 3.8) is 0 Å². The Morgan fingerprint density at radius 2 is 2.06 bits per heavy atom. The zero-order valence-electron chi connectivity index (χ0n) is 9.65. The molecule has 5 heteroatoms. The fourth-order valence-corrected chi connectivity index (χ4v) is 2.13. The second-order valence-electron chi connectivity index (χ2n) is 3.86. The van der Waals surface area contributed by atoms with Crippen LogP contribution in [0.1, 0.15) is 11.3 Å². The number of carbonyl (C=O) groups excluding carboxylic acids is 1. The minimum absolute atomic E-state index is 0.235. The molecule has 2 rings (SSSR count). The van der Waals surface area contributed by atoms with Gasteiger partial charge in [0.2, 0.25) is 5.91 Å². The van der Waals surface area contributed by atoms with E-state index in [0.717, 1.165) is 20.8 Å². The third-order valence-corrected chi connectivity index (χ3v) is 3.04. The van der Waals surface area contributed by atoms with Crippen LogP contribution in [0.15, 0.2) is 40.8 Å². The van der Waals surface area contributed by atoms with Crippen LogP contribution < -0.4 is 11.1 Å². The van der Waals surface area contributed by atoms with Crippen molar-refractivity contribution in [2.24, 2.45) is 5.73 Å². The molecule has 0 radical (unpaired) electrons. The SMILES string of the molecule is NC(=O)Cc1ccccc1NCc1ccc(I)o1. The number of para-hydroxylation sites is 1. The first kappa shape index (κ1) is 12.9. The van der Waals surface area contributed by atoms with Crippen molar-refractivity contribution >= 4 is 34.2 Å². The van der Waals surface area contributed by atoms with Crippen molar-refractivity contribution in [1.82, 2.24) is 0 Å². The molecule has 0 fully saturated rings. The van der Waals surface area contributed by atoms with E-state index in [0.29, 0.717) is 6.54 Å². The van der Waals surface area contributed by atoms with E-state index in [9.17, 15) is 4.79 Å². The highest BCUT2D eigenvalue weighted by molar-refractivity contribution is 14.1. The molecule has 0 spiro atoms. The summed E-state index contributed by atoms with van der Waals surface area (Å²) in [5.74, 6) is 0.519. The molecule has 0 atom stereocenters. The third kappa shape index (κ3) is 3.49. The van der Waals surface area contributed by atoms with Crippen LogP contribution in [0, 0.1) is 3.77 Å². The van der Waals surface area contributed by atoms with Gasteiger partial charge in [-0.1, -0.05) is 18.2 Å². The van der Waals surface area contributed by atoms with Gasteiger partial charge in [-0.25, -0.2) is 0 Å². The summed E-state index contributed by atoms with van der Waals surface area (Å²) in [4.78, 5) is 11.0. The highest BCUT2D eigenvalue weighted by atomic mass is 127. The number of anilines is 1. The fraction of sp³-hybridized carbons (Fsp3) is 0.154. The second-order valence-corrected chi connectivity index (χ2v) is 4.92. The van der Waals surface area contributed by atoms with Crippen molar-refractivity contribution in [1.29, 1.82) is 0 Å². The molecular weight excluding hydrogens is 343 g/mol. The van der Waals surface area contributed by atoms with Crippen molar-refractivity contribution in [2.75, 3.05) is 5.32 Å². The Hall–Kier alpha value is -1.50. The van der Waals surface area contributed by atoms with Gasteiger partial charge in [0.1, 0.15) is 5.76 Å². The summed E-state index contributed by atoms with van der Waals surface area (Å²) in [7, 11) is 0. The van der Waals surface area contributed by atoms with E-state index in [4.69, 9.17) is 10.2 Å². The lowest BCUT2D eigenvalue weighted by atomic mass is 10.1. The number of nitrogens with two attached hydrogens (primary N) is 1. The van der Waals surface area contributed by atoms with Crippen LogP contribution in [0.4, 0.5) is 5.69 Å². The number of carbonyl (C=O) groups is 1. The standard InChI is InChI=1S/C13H13IN2O2/c14-12-6-5-10(18-12)8-16-11-4-2-1-3-9(11)7-13(15)17/h1-6,16H,7-8H2,(H2,15,17). The molecule has 0 saturated carbocycles. The van der Waals surface area contributed by atoms with Gasteiger partial charge in [0.25, 0.3) is 0 Å². The quantitative estimate of drug-likeness (QED) is 0.809. The Bertz CT molecular complexity index is 551. The van der Waals surface area contributed by atoms with Crippen molar-refractivity contribution in [3.05, 3.63) is 51.5 Å². The maximum absolute atomic E-state index is 11.0. The van der Waals surface area contributed by atoms with Crippen LogP contribution in [-0.2, 0) is 17.8 Å². The van der Waals surface area contributed by atoms with Crippen LogP contribution in [-0.4, -0.2) is 5.91 Å². The molecule has 3 N–H and O–H groups in total. The summed E-state index contributed by atoms with van der Waals surface area (Å²) in [6.45, 7) is 0.582. The number of nitrogens with one attached hydrogen (secondary N) is 1. The molecule has 1 aromatic heterocycles. The van der Waals surface area contributed by atoms with E-state index in [1.54, 1.807) is 0 Å². The predicted molar refractivity (Wildman–Crippen MR) is 78.1 cm³/mol. The zero-order chi connectivity index (χ0) is 13.0. The summed E-state index contributed by atoms with van der Waals surface area (Å²) < 4.78 is 6.32. The first-order valence-electron chi connectivity index (χ1n) is 5.49. The maximum Gasteiger partial charge on any atom is 0.221 e. The van der Waals surface area contributed by atoms with Gasteiger partial charge in [0.15, 0.2) is 3.77 Å². The van der Waals surface area contributed by atoms with Crippen LogP contribution >= 0.6 is 22.6 Å². The Morgan fingerprint density at radius 1 is 1.28 bits per heavy atom. The van der Waals surface area contributed by atoms with Gasteiger partial charge >= 0.3 is 0 Å². The van der Waals surface area contributed by atoms with Gasteiger partial charge in [0.05, 0.1) is 13.0 Å². The molecule has 0 saturated heterocycles. The number of hydrogen-bond acceptors (Lipinski definition) is 3. The highest BCUT2D eigenvalue weighted by Crippen LogP contribution is 2.17. The van der Waals surface area contributed by atoms with Crippen LogP contribution in [0.5, 0.6) is 0 Å². The van der Waals surface area contributed by atoms with Crippen LogP contribution in [0.25, 0.3) is 0 Å². The average Bonchev–Trinajstić information content (AvgIpc) is 2.73. The number of primary amides is 1. The smallest absolute Gasteiger partial charge is 0.221 e. The summed E-state index contributed by atoms with van der Waals surface area (Å²) in [6.07, 6.45) is 0.235. The van der Waals surface area contributed by atoms with E-state index >= 15 is 0 Å². The first-order chi connectivity index (χ1) is 8.65. The molecule has 0 bridgehead atoms. The molecule has 0 aliphatic carbocycles. The normalized spacial score (nSPS) is 10.3. The average molecular weight is 356 g/mol. The molecule has 1 amide bonds. The summed E-state index contributed by atoms with van der Waals surface area (Å²) >= 11 is 2.12. The van der Waals surface area contributed by atoms with Crippen molar-refractivity contribution < 1.29 is 9.21 Å². The number of benzene rings is 1. The Kier molecular flexibility index (Phi) is 4.24. The molecule has 4 nitrogen and oxygen atoms in total. The van der Waals surface area contributed by atoms with E-state index < -0.39 is 0 Å². The largest absolute Gasteiger partial charge is 0.454 e. The molecule has 2 aromatic rings. The molecule has 18 heavy (non-hydrogen) atoms. The Morgan fingerprint density at radius 3 is 2.72 bits per heavy atom. The molecule has 0 aliphatic rings. The Labute approximate surface area is 119 Å².